The molecule has 0 unspecified atom stereocenters. The summed E-state index contributed by atoms with van der Waals surface area (Å²) >= 11 is 0. The number of aryl methyl sites for hydroxylation is 6. The Morgan fingerprint density at radius 1 is 0.571 bits per heavy atom. The van der Waals surface area contributed by atoms with Gasteiger partial charge in [-0.15, -0.1) is 0 Å². The molecule has 4 rings (SSSR count). The summed E-state index contributed by atoms with van der Waals surface area (Å²) in [6.45, 7) is 11.5. The summed E-state index contributed by atoms with van der Waals surface area (Å²) in [7, 11) is 0. The van der Waals surface area contributed by atoms with Gasteiger partial charge in [-0.3, -0.25) is 0 Å². The summed E-state index contributed by atoms with van der Waals surface area (Å²) in [5.41, 5.74) is 7.78. The molecule has 0 saturated carbocycles. The first-order valence-corrected chi connectivity index (χ1v) is 11.5. The smallest absolute Gasteiger partial charge is 0.171 e. The van der Waals surface area contributed by atoms with Crippen LogP contribution in [0, 0.1) is 41.5 Å². The lowest BCUT2D eigenvalue weighted by Gasteiger charge is -2.30. The van der Waals surface area contributed by atoms with Crippen LogP contribution in [-0.2, 0) is 0 Å². The van der Waals surface area contributed by atoms with Crippen molar-refractivity contribution in [2.75, 3.05) is 4.90 Å². The third kappa shape index (κ3) is 4.76. The van der Waals surface area contributed by atoms with Crippen molar-refractivity contribution in [2.45, 2.75) is 41.5 Å². The maximum Gasteiger partial charge on any atom is 0.171 e. The third-order valence-corrected chi connectivity index (χ3v) is 6.21. The maximum absolute atomic E-state index is 10.5. The van der Waals surface area contributed by atoms with E-state index in [0.717, 1.165) is 50.4 Å². The van der Waals surface area contributed by atoms with Gasteiger partial charge in [-0.05, 0) is 117 Å². The number of rotatable bonds is 5. The van der Waals surface area contributed by atoms with Crippen molar-refractivity contribution in [2.24, 2.45) is 0 Å². The molecule has 4 aromatic carbocycles. The molecule has 0 aromatic heterocycles. The van der Waals surface area contributed by atoms with Gasteiger partial charge in [0, 0.05) is 23.1 Å². The van der Waals surface area contributed by atoms with E-state index in [0.29, 0.717) is 11.5 Å². The lowest BCUT2D eigenvalue weighted by molar-refractivity contribution is 0.408. The Balaban J connectivity index is 1.89. The summed E-state index contributed by atoms with van der Waals surface area (Å²) in [5.74, 6) is 1.59. The molecule has 0 atom stereocenters. The fourth-order valence-corrected chi connectivity index (χ4v) is 4.33. The molecule has 0 aliphatic heterocycles. The van der Waals surface area contributed by atoms with Gasteiger partial charge in [0.1, 0.15) is 17.2 Å². The van der Waals surface area contributed by atoms with Gasteiger partial charge in [-0.25, -0.2) is 0 Å². The zero-order chi connectivity index (χ0) is 25.4. The molecule has 0 amide bonds. The van der Waals surface area contributed by atoms with E-state index in [1.807, 2.05) is 84.0 Å². The number of nitrogens with zero attached hydrogens (tertiary/aromatic N) is 1. The second-order valence-electron chi connectivity index (χ2n) is 9.22. The average molecular weight is 470 g/mol. The second kappa shape index (κ2) is 9.26. The van der Waals surface area contributed by atoms with Gasteiger partial charge in [0.05, 0.1) is 0 Å². The number of ether oxygens (including phenoxy) is 1. The molecule has 0 saturated heterocycles. The van der Waals surface area contributed by atoms with E-state index in [2.05, 4.69) is 4.90 Å². The molecule has 0 spiro atoms. The number of benzene rings is 4. The molecule has 4 aromatic rings. The molecule has 0 aliphatic rings. The van der Waals surface area contributed by atoms with Crippen LogP contribution in [0.25, 0.3) is 0 Å². The van der Waals surface area contributed by atoms with Crippen molar-refractivity contribution >= 4 is 17.1 Å². The molecule has 0 bridgehead atoms. The molecule has 180 valence electrons. The van der Waals surface area contributed by atoms with Gasteiger partial charge in [-0.2, -0.15) is 0 Å². The number of phenols is 3. The van der Waals surface area contributed by atoms with E-state index >= 15 is 0 Å². The van der Waals surface area contributed by atoms with Crippen molar-refractivity contribution in [3.05, 3.63) is 94.0 Å². The molecule has 0 aliphatic carbocycles. The Bertz CT molecular complexity index is 1340. The van der Waals surface area contributed by atoms with Crippen LogP contribution in [0.2, 0.25) is 0 Å². The van der Waals surface area contributed by atoms with E-state index in [9.17, 15) is 15.3 Å². The lowest BCUT2D eigenvalue weighted by Crippen LogP contribution is -2.13. The quantitative estimate of drug-likeness (QED) is 0.277. The summed E-state index contributed by atoms with van der Waals surface area (Å²) in [6, 6.07) is 18.7. The van der Waals surface area contributed by atoms with E-state index in [1.165, 1.54) is 0 Å². The third-order valence-electron chi connectivity index (χ3n) is 6.21. The van der Waals surface area contributed by atoms with E-state index < -0.39 is 0 Å². The van der Waals surface area contributed by atoms with Crippen LogP contribution in [0.4, 0.5) is 17.1 Å². The van der Waals surface area contributed by atoms with Crippen molar-refractivity contribution in [1.82, 2.24) is 0 Å². The highest BCUT2D eigenvalue weighted by atomic mass is 16.5. The minimum atomic E-state index is 0.0970. The van der Waals surface area contributed by atoms with E-state index in [4.69, 9.17) is 4.74 Å². The molecule has 0 radical (unpaired) electrons. The lowest BCUT2D eigenvalue weighted by atomic mass is 10.0. The highest BCUT2D eigenvalue weighted by Gasteiger charge is 2.20. The highest BCUT2D eigenvalue weighted by molar-refractivity contribution is 5.82. The highest BCUT2D eigenvalue weighted by Crippen LogP contribution is 2.43. The van der Waals surface area contributed by atoms with Gasteiger partial charge in [0.2, 0.25) is 0 Å². The Morgan fingerprint density at radius 3 is 1.69 bits per heavy atom. The van der Waals surface area contributed by atoms with E-state index in [-0.39, 0.29) is 17.2 Å². The van der Waals surface area contributed by atoms with Gasteiger partial charge < -0.3 is 25.0 Å². The van der Waals surface area contributed by atoms with Crippen LogP contribution < -0.4 is 9.64 Å². The molecule has 5 nitrogen and oxygen atoms in total. The first kappa shape index (κ1) is 24.0. The Morgan fingerprint density at radius 2 is 1.14 bits per heavy atom. The van der Waals surface area contributed by atoms with Gasteiger partial charge in [0.25, 0.3) is 0 Å². The minimum Gasteiger partial charge on any atom is -0.508 e. The molecule has 0 fully saturated rings. The van der Waals surface area contributed by atoms with E-state index in [1.54, 1.807) is 18.2 Å². The van der Waals surface area contributed by atoms with Crippen LogP contribution in [0.1, 0.15) is 33.4 Å². The Hall–Kier alpha value is -4.12. The largest absolute Gasteiger partial charge is 0.508 e. The monoisotopic (exact) mass is 469 g/mol. The normalized spacial score (nSPS) is 10.9. The zero-order valence-corrected chi connectivity index (χ0v) is 21.0. The number of anilines is 3. The topological polar surface area (TPSA) is 73.2 Å². The van der Waals surface area contributed by atoms with Crippen molar-refractivity contribution < 1.29 is 20.1 Å². The molecular weight excluding hydrogens is 438 g/mol. The summed E-state index contributed by atoms with van der Waals surface area (Å²) in [5, 5.41) is 31.0. The van der Waals surface area contributed by atoms with Gasteiger partial charge in [0.15, 0.2) is 11.5 Å². The molecule has 35 heavy (non-hydrogen) atoms. The molecule has 0 heterocycles. The molecule has 3 N–H and O–H groups in total. The zero-order valence-electron chi connectivity index (χ0n) is 21.0. The van der Waals surface area contributed by atoms with Crippen molar-refractivity contribution in [3.63, 3.8) is 0 Å². The van der Waals surface area contributed by atoms with Gasteiger partial charge >= 0.3 is 0 Å². The Kier molecular flexibility index (Phi) is 6.35. The SMILES string of the molecule is Cc1cc(C)c(Oc2cccc(N(c3cc(C)c(O)cc3C)c3cc(C)c(O)cc3C)c2)c(O)c1. The Labute approximate surface area is 206 Å². The number of hydrogen-bond acceptors (Lipinski definition) is 5. The average Bonchev–Trinajstić information content (AvgIpc) is 2.78. The summed E-state index contributed by atoms with van der Waals surface area (Å²) < 4.78 is 6.15. The second-order valence-corrected chi connectivity index (χ2v) is 9.22. The summed E-state index contributed by atoms with van der Waals surface area (Å²) in [4.78, 5) is 2.10. The summed E-state index contributed by atoms with van der Waals surface area (Å²) in [6.07, 6.45) is 0. The number of hydrogen-bond donors (Lipinski definition) is 3. The maximum atomic E-state index is 10.5. The first-order valence-electron chi connectivity index (χ1n) is 11.5. The predicted molar refractivity (Wildman–Crippen MR) is 141 cm³/mol. The first-order chi connectivity index (χ1) is 16.5. The van der Waals surface area contributed by atoms with Crippen LogP contribution in [0.15, 0.2) is 60.7 Å². The standard InChI is InChI=1S/C30H31NO4/c1-17-10-22(6)30(29(34)11-17)35-24-9-7-8-23(16-24)31(25-12-20(4)27(32)14-18(25)2)26-13-21(5)28(33)15-19(26)3/h7-16,32-34H,1-6H3. The molecule has 5 heteroatoms. The molecular formula is C30H31NO4. The number of aromatic hydroxyl groups is 3. The van der Waals surface area contributed by atoms with Gasteiger partial charge in [-0.1, -0.05) is 12.1 Å². The minimum absolute atomic E-state index is 0.0970. The number of phenolic OH excluding ortho intramolecular Hbond substituents is 3. The van der Waals surface area contributed by atoms with Crippen molar-refractivity contribution in [1.29, 1.82) is 0 Å². The fraction of sp³-hybridized carbons (Fsp3) is 0.200. The fourth-order valence-electron chi connectivity index (χ4n) is 4.33. The van der Waals surface area contributed by atoms with Crippen LogP contribution in [0.5, 0.6) is 28.7 Å². The van der Waals surface area contributed by atoms with Crippen LogP contribution >= 0.6 is 0 Å². The van der Waals surface area contributed by atoms with Crippen LogP contribution in [-0.4, -0.2) is 15.3 Å². The predicted octanol–water partition coefficient (Wildman–Crippen LogP) is 7.92. The van der Waals surface area contributed by atoms with Crippen molar-refractivity contribution in [3.8, 4) is 28.7 Å². The van der Waals surface area contributed by atoms with Crippen LogP contribution in [0.3, 0.4) is 0 Å².